The fourth-order valence-corrected chi connectivity index (χ4v) is 2.69. The molecule has 1 heterocycles. The maximum Gasteiger partial charge on any atom is 0.242 e. The van der Waals surface area contributed by atoms with Crippen molar-refractivity contribution >= 4 is 11.8 Å². The maximum absolute atomic E-state index is 12.3. The molecule has 5 heteroatoms. The SMILES string of the molecule is COCCCCNC(=O)C1CCC(=O)N1Cc1ccccc1. The molecular weight excluding hydrogens is 280 g/mol. The molecule has 0 bridgehead atoms. The summed E-state index contributed by atoms with van der Waals surface area (Å²) < 4.78 is 4.98. The van der Waals surface area contributed by atoms with Gasteiger partial charge in [0.2, 0.25) is 11.8 Å². The molecule has 1 aromatic rings. The Labute approximate surface area is 131 Å². The van der Waals surface area contributed by atoms with E-state index in [1.807, 2.05) is 30.3 Å². The second-order valence-electron chi connectivity index (χ2n) is 5.55. The number of likely N-dealkylation sites (tertiary alicyclic amines) is 1. The largest absolute Gasteiger partial charge is 0.385 e. The standard InChI is InChI=1S/C17H24N2O3/c1-22-12-6-5-11-18-17(21)15-9-10-16(20)19(15)13-14-7-3-2-4-8-14/h2-4,7-8,15H,5-6,9-13H2,1H3,(H,18,21). The number of amides is 2. The van der Waals surface area contributed by atoms with Crippen molar-refractivity contribution in [2.75, 3.05) is 20.3 Å². The molecule has 2 amide bonds. The van der Waals surface area contributed by atoms with Gasteiger partial charge in [-0.2, -0.15) is 0 Å². The molecule has 1 aliphatic rings. The van der Waals surface area contributed by atoms with E-state index in [1.54, 1.807) is 12.0 Å². The van der Waals surface area contributed by atoms with Crippen LogP contribution in [-0.4, -0.2) is 43.0 Å². The highest BCUT2D eigenvalue weighted by Gasteiger charge is 2.35. The predicted molar refractivity (Wildman–Crippen MR) is 84.1 cm³/mol. The van der Waals surface area contributed by atoms with Crippen LogP contribution in [0.25, 0.3) is 0 Å². The van der Waals surface area contributed by atoms with Gasteiger partial charge in [-0.05, 0) is 24.8 Å². The lowest BCUT2D eigenvalue weighted by molar-refractivity contribution is -0.135. The smallest absolute Gasteiger partial charge is 0.242 e. The third-order valence-corrected chi connectivity index (χ3v) is 3.90. The van der Waals surface area contributed by atoms with E-state index in [0.717, 1.165) is 18.4 Å². The van der Waals surface area contributed by atoms with Crippen LogP contribution in [0.3, 0.4) is 0 Å². The molecule has 1 aromatic carbocycles. The van der Waals surface area contributed by atoms with E-state index in [1.165, 1.54) is 0 Å². The molecule has 22 heavy (non-hydrogen) atoms. The van der Waals surface area contributed by atoms with Gasteiger partial charge >= 0.3 is 0 Å². The highest BCUT2D eigenvalue weighted by atomic mass is 16.5. The summed E-state index contributed by atoms with van der Waals surface area (Å²) in [5, 5.41) is 2.93. The molecule has 0 aromatic heterocycles. The molecule has 0 radical (unpaired) electrons. The summed E-state index contributed by atoms with van der Waals surface area (Å²) in [6.07, 6.45) is 2.87. The number of nitrogens with one attached hydrogen (secondary N) is 1. The molecule has 1 unspecified atom stereocenters. The van der Waals surface area contributed by atoms with Crippen molar-refractivity contribution in [3.63, 3.8) is 0 Å². The van der Waals surface area contributed by atoms with Crippen molar-refractivity contribution in [3.05, 3.63) is 35.9 Å². The van der Waals surface area contributed by atoms with Crippen LogP contribution in [0.1, 0.15) is 31.2 Å². The normalized spacial score (nSPS) is 17.8. The van der Waals surface area contributed by atoms with Gasteiger partial charge in [0.15, 0.2) is 0 Å². The fraction of sp³-hybridized carbons (Fsp3) is 0.529. The van der Waals surface area contributed by atoms with Gasteiger partial charge in [-0.15, -0.1) is 0 Å². The van der Waals surface area contributed by atoms with Crippen molar-refractivity contribution in [2.24, 2.45) is 0 Å². The number of rotatable bonds is 8. The second kappa shape index (κ2) is 8.54. The van der Waals surface area contributed by atoms with Crippen LogP contribution >= 0.6 is 0 Å². The minimum atomic E-state index is -0.338. The molecule has 2 rings (SSSR count). The maximum atomic E-state index is 12.3. The van der Waals surface area contributed by atoms with E-state index in [0.29, 0.717) is 32.5 Å². The number of nitrogens with zero attached hydrogens (tertiary/aromatic N) is 1. The van der Waals surface area contributed by atoms with Gasteiger partial charge in [-0.1, -0.05) is 30.3 Å². The topological polar surface area (TPSA) is 58.6 Å². The van der Waals surface area contributed by atoms with E-state index >= 15 is 0 Å². The van der Waals surface area contributed by atoms with Crippen LogP contribution in [-0.2, 0) is 20.9 Å². The van der Waals surface area contributed by atoms with E-state index in [4.69, 9.17) is 4.74 Å². The van der Waals surface area contributed by atoms with Gasteiger partial charge in [-0.3, -0.25) is 9.59 Å². The third kappa shape index (κ3) is 4.56. The lowest BCUT2D eigenvalue weighted by atomic mass is 10.1. The Hall–Kier alpha value is -1.88. The highest BCUT2D eigenvalue weighted by molar-refractivity contribution is 5.90. The van der Waals surface area contributed by atoms with Gasteiger partial charge < -0.3 is 15.0 Å². The number of ether oxygens (including phenoxy) is 1. The van der Waals surface area contributed by atoms with Crippen molar-refractivity contribution in [2.45, 2.75) is 38.3 Å². The Bertz CT molecular complexity index is 490. The summed E-state index contributed by atoms with van der Waals surface area (Å²) in [4.78, 5) is 26.0. The zero-order valence-corrected chi connectivity index (χ0v) is 13.1. The van der Waals surface area contributed by atoms with Gasteiger partial charge in [0.1, 0.15) is 6.04 Å². The average Bonchev–Trinajstić information content (AvgIpc) is 2.89. The van der Waals surface area contributed by atoms with Gasteiger partial charge in [0, 0.05) is 33.2 Å². The number of hydrogen-bond acceptors (Lipinski definition) is 3. The zero-order chi connectivity index (χ0) is 15.8. The zero-order valence-electron chi connectivity index (χ0n) is 13.1. The summed E-state index contributed by atoms with van der Waals surface area (Å²) in [6.45, 7) is 1.84. The van der Waals surface area contributed by atoms with E-state index in [-0.39, 0.29) is 17.9 Å². The molecule has 1 N–H and O–H groups in total. The van der Waals surface area contributed by atoms with E-state index in [9.17, 15) is 9.59 Å². The molecule has 5 nitrogen and oxygen atoms in total. The van der Waals surface area contributed by atoms with Gasteiger partial charge in [0.05, 0.1) is 0 Å². The van der Waals surface area contributed by atoms with Gasteiger partial charge in [-0.25, -0.2) is 0 Å². The molecule has 120 valence electrons. The summed E-state index contributed by atoms with van der Waals surface area (Å²) in [7, 11) is 1.67. The Morgan fingerprint density at radius 2 is 2.09 bits per heavy atom. The number of methoxy groups -OCH3 is 1. The molecule has 1 saturated heterocycles. The van der Waals surface area contributed by atoms with Gasteiger partial charge in [0.25, 0.3) is 0 Å². The number of unbranched alkanes of at least 4 members (excludes halogenated alkanes) is 1. The van der Waals surface area contributed by atoms with Crippen molar-refractivity contribution < 1.29 is 14.3 Å². The van der Waals surface area contributed by atoms with Crippen LogP contribution in [0.2, 0.25) is 0 Å². The first kappa shape index (κ1) is 16.5. The Morgan fingerprint density at radius 3 is 2.82 bits per heavy atom. The first-order valence-corrected chi connectivity index (χ1v) is 7.82. The number of benzene rings is 1. The minimum absolute atomic E-state index is 0.0424. The Balaban J connectivity index is 1.85. The third-order valence-electron chi connectivity index (χ3n) is 3.90. The highest BCUT2D eigenvalue weighted by Crippen LogP contribution is 2.21. The van der Waals surface area contributed by atoms with Crippen molar-refractivity contribution in [3.8, 4) is 0 Å². The van der Waals surface area contributed by atoms with E-state index < -0.39 is 0 Å². The second-order valence-corrected chi connectivity index (χ2v) is 5.55. The summed E-state index contributed by atoms with van der Waals surface area (Å²) in [5.74, 6) is 0.0163. The van der Waals surface area contributed by atoms with Crippen molar-refractivity contribution in [1.29, 1.82) is 0 Å². The Morgan fingerprint density at radius 1 is 1.32 bits per heavy atom. The number of carbonyl (C=O) groups is 2. The van der Waals surface area contributed by atoms with Crippen LogP contribution in [0.4, 0.5) is 0 Å². The number of hydrogen-bond donors (Lipinski definition) is 1. The number of carbonyl (C=O) groups excluding carboxylic acids is 2. The molecule has 1 fully saturated rings. The first-order chi connectivity index (χ1) is 10.7. The average molecular weight is 304 g/mol. The predicted octanol–water partition coefficient (Wildman–Crippen LogP) is 1.72. The van der Waals surface area contributed by atoms with Crippen LogP contribution < -0.4 is 5.32 Å². The molecule has 0 aliphatic carbocycles. The lowest BCUT2D eigenvalue weighted by Crippen LogP contribution is -2.44. The Kier molecular flexibility index (Phi) is 6.40. The summed E-state index contributed by atoms with van der Waals surface area (Å²) in [6, 6.07) is 9.45. The monoisotopic (exact) mass is 304 g/mol. The molecule has 1 atom stereocenters. The summed E-state index contributed by atoms with van der Waals surface area (Å²) in [5.41, 5.74) is 1.05. The lowest BCUT2D eigenvalue weighted by Gasteiger charge is -2.24. The minimum Gasteiger partial charge on any atom is -0.385 e. The van der Waals surface area contributed by atoms with Crippen LogP contribution in [0.15, 0.2) is 30.3 Å². The molecule has 0 spiro atoms. The molecule has 1 aliphatic heterocycles. The van der Waals surface area contributed by atoms with Crippen LogP contribution in [0.5, 0.6) is 0 Å². The quantitative estimate of drug-likeness (QED) is 0.744. The van der Waals surface area contributed by atoms with E-state index in [2.05, 4.69) is 5.32 Å². The fourth-order valence-electron chi connectivity index (χ4n) is 2.69. The van der Waals surface area contributed by atoms with Crippen molar-refractivity contribution in [1.82, 2.24) is 10.2 Å². The molecular formula is C17H24N2O3. The summed E-state index contributed by atoms with van der Waals surface area (Å²) >= 11 is 0. The molecule has 0 saturated carbocycles. The first-order valence-electron chi connectivity index (χ1n) is 7.82. The van der Waals surface area contributed by atoms with Crippen LogP contribution in [0, 0.1) is 0 Å².